The molecular weight excluding hydrogens is 218 g/mol. The van der Waals surface area contributed by atoms with Crippen LogP contribution in [0.5, 0.6) is 0 Å². The van der Waals surface area contributed by atoms with Crippen LogP contribution in [0.3, 0.4) is 0 Å². The maximum atomic E-state index is 5.45. The molecule has 2 nitrogen and oxygen atoms in total. The number of hydrogen-bond acceptors (Lipinski definition) is 3. The molecule has 1 N–H and O–H groups in total. The molecule has 1 aliphatic rings. The first-order chi connectivity index (χ1) is 7.81. The van der Waals surface area contributed by atoms with Crippen LogP contribution < -0.4 is 5.32 Å². The Morgan fingerprint density at radius 1 is 1.62 bits per heavy atom. The maximum absolute atomic E-state index is 5.45. The Morgan fingerprint density at radius 2 is 2.50 bits per heavy atom. The molecular formula is C13H21NOS. The average Bonchev–Trinajstić information content (AvgIpc) is 2.96. The van der Waals surface area contributed by atoms with E-state index in [9.17, 15) is 0 Å². The molecule has 0 amide bonds. The highest BCUT2D eigenvalue weighted by atomic mass is 32.1. The van der Waals surface area contributed by atoms with Crippen molar-refractivity contribution < 1.29 is 4.74 Å². The highest BCUT2D eigenvalue weighted by molar-refractivity contribution is 7.10. The molecule has 3 unspecified atom stereocenters. The molecule has 1 aromatic heterocycles. The van der Waals surface area contributed by atoms with Gasteiger partial charge in [0.2, 0.25) is 0 Å². The van der Waals surface area contributed by atoms with Gasteiger partial charge < -0.3 is 10.1 Å². The molecule has 90 valence electrons. The van der Waals surface area contributed by atoms with Gasteiger partial charge in [-0.1, -0.05) is 13.0 Å². The summed E-state index contributed by atoms with van der Waals surface area (Å²) in [5.74, 6) is 0.689. The topological polar surface area (TPSA) is 21.3 Å². The molecule has 16 heavy (non-hydrogen) atoms. The third-order valence-electron chi connectivity index (χ3n) is 3.43. The van der Waals surface area contributed by atoms with Crippen molar-refractivity contribution in [2.75, 3.05) is 13.2 Å². The molecule has 3 atom stereocenters. The Morgan fingerprint density at radius 3 is 3.06 bits per heavy atom. The van der Waals surface area contributed by atoms with Crippen molar-refractivity contribution in [2.45, 2.75) is 38.8 Å². The highest BCUT2D eigenvalue weighted by Crippen LogP contribution is 2.25. The molecule has 3 heteroatoms. The fourth-order valence-corrected chi connectivity index (χ4v) is 3.16. The fraction of sp³-hybridized carbons (Fsp3) is 0.692. The average molecular weight is 239 g/mol. The van der Waals surface area contributed by atoms with Gasteiger partial charge in [0.15, 0.2) is 0 Å². The van der Waals surface area contributed by atoms with Crippen molar-refractivity contribution in [2.24, 2.45) is 5.92 Å². The van der Waals surface area contributed by atoms with Crippen LogP contribution >= 0.6 is 11.3 Å². The van der Waals surface area contributed by atoms with Crippen LogP contribution in [0.2, 0.25) is 0 Å². The number of hydrogen-bond donors (Lipinski definition) is 1. The Bertz CT molecular complexity index is 293. The SMILES string of the molecule is CCC(NC(C)C1CCOC1)c1cccs1. The molecule has 0 bridgehead atoms. The Labute approximate surface area is 102 Å². The van der Waals surface area contributed by atoms with E-state index in [1.54, 1.807) is 0 Å². The zero-order chi connectivity index (χ0) is 11.4. The molecule has 0 spiro atoms. The number of thiophene rings is 1. The summed E-state index contributed by atoms with van der Waals surface area (Å²) in [5.41, 5.74) is 0. The molecule has 1 saturated heterocycles. The smallest absolute Gasteiger partial charge is 0.0509 e. The van der Waals surface area contributed by atoms with E-state index in [1.165, 1.54) is 11.3 Å². The first-order valence-corrected chi connectivity index (χ1v) is 7.06. The summed E-state index contributed by atoms with van der Waals surface area (Å²) in [6, 6.07) is 5.42. The minimum Gasteiger partial charge on any atom is -0.381 e. The molecule has 0 aliphatic carbocycles. The van der Waals surface area contributed by atoms with Gasteiger partial charge in [0.25, 0.3) is 0 Å². The zero-order valence-electron chi connectivity index (χ0n) is 10.1. The van der Waals surface area contributed by atoms with E-state index >= 15 is 0 Å². The first-order valence-electron chi connectivity index (χ1n) is 6.18. The van der Waals surface area contributed by atoms with Gasteiger partial charge in [-0.3, -0.25) is 0 Å². The zero-order valence-corrected chi connectivity index (χ0v) is 10.9. The maximum Gasteiger partial charge on any atom is 0.0509 e. The number of rotatable bonds is 5. The molecule has 1 aromatic rings. The molecule has 0 saturated carbocycles. The molecule has 1 aliphatic heterocycles. The Balaban J connectivity index is 1.91. The van der Waals surface area contributed by atoms with Crippen LogP contribution in [0.15, 0.2) is 17.5 Å². The minimum absolute atomic E-state index is 0.510. The second-order valence-electron chi connectivity index (χ2n) is 4.56. The summed E-state index contributed by atoms with van der Waals surface area (Å²) in [6.45, 7) is 6.40. The fourth-order valence-electron chi connectivity index (χ4n) is 2.29. The second-order valence-corrected chi connectivity index (χ2v) is 5.53. The van der Waals surface area contributed by atoms with Crippen molar-refractivity contribution >= 4 is 11.3 Å². The summed E-state index contributed by atoms with van der Waals surface area (Å²) >= 11 is 1.85. The lowest BCUT2D eigenvalue weighted by Crippen LogP contribution is -2.36. The molecule has 1 fully saturated rings. The van der Waals surface area contributed by atoms with Crippen LogP contribution in [0, 0.1) is 5.92 Å². The summed E-state index contributed by atoms with van der Waals surface area (Å²) in [5, 5.41) is 5.90. The summed E-state index contributed by atoms with van der Waals surface area (Å²) in [4.78, 5) is 1.45. The van der Waals surface area contributed by atoms with E-state index in [0.717, 1.165) is 19.6 Å². The van der Waals surface area contributed by atoms with E-state index in [-0.39, 0.29) is 0 Å². The summed E-state index contributed by atoms with van der Waals surface area (Å²) in [6.07, 6.45) is 2.35. The molecule has 2 rings (SSSR count). The molecule has 2 heterocycles. The predicted octanol–water partition coefficient (Wildman–Crippen LogP) is 3.21. The van der Waals surface area contributed by atoms with Crippen LogP contribution in [-0.4, -0.2) is 19.3 Å². The van der Waals surface area contributed by atoms with Crippen LogP contribution in [0.1, 0.15) is 37.6 Å². The van der Waals surface area contributed by atoms with E-state index in [4.69, 9.17) is 4.74 Å². The van der Waals surface area contributed by atoms with Crippen molar-refractivity contribution in [3.8, 4) is 0 Å². The summed E-state index contributed by atoms with van der Waals surface area (Å²) in [7, 11) is 0. The molecule has 0 radical (unpaired) electrons. The van der Waals surface area contributed by atoms with E-state index < -0.39 is 0 Å². The molecule has 0 aromatic carbocycles. The lowest BCUT2D eigenvalue weighted by atomic mass is 9.99. The van der Waals surface area contributed by atoms with Crippen molar-refractivity contribution in [3.63, 3.8) is 0 Å². The van der Waals surface area contributed by atoms with Gasteiger partial charge in [-0.2, -0.15) is 0 Å². The third kappa shape index (κ3) is 2.84. The monoisotopic (exact) mass is 239 g/mol. The predicted molar refractivity (Wildman–Crippen MR) is 68.9 cm³/mol. The Hall–Kier alpha value is -0.380. The van der Waals surface area contributed by atoms with Gasteiger partial charge in [-0.05, 0) is 37.1 Å². The standard InChI is InChI=1S/C13H21NOS/c1-3-12(13-5-4-8-16-13)14-10(2)11-6-7-15-9-11/h4-5,8,10-12,14H,3,6-7,9H2,1-2H3. The Kier molecular flexibility index (Phi) is 4.38. The van der Waals surface area contributed by atoms with Crippen LogP contribution in [0.4, 0.5) is 0 Å². The number of ether oxygens (including phenoxy) is 1. The van der Waals surface area contributed by atoms with E-state index in [1.807, 2.05) is 11.3 Å². The lowest BCUT2D eigenvalue weighted by molar-refractivity contribution is 0.176. The van der Waals surface area contributed by atoms with Crippen molar-refractivity contribution in [1.29, 1.82) is 0 Å². The van der Waals surface area contributed by atoms with E-state index in [2.05, 4.69) is 36.7 Å². The number of nitrogens with one attached hydrogen (secondary N) is 1. The van der Waals surface area contributed by atoms with Gasteiger partial charge in [0.1, 0.15) is 0 Å². The largest absolute Gasteiger partial charge is 0.381 e. The quantitative estimate of drug-likeness (QED) is 0.852. The van der Waals surface area contributed by atoms with Gasteiger partial charge >= 0.3 is 0 Å². The van der Waals surface area contributed by atoms with Gasteiger partial charge in [0, 0.05) is 23.6 Å². The van der Waals surface area contributed by atoms with Crippen LogP contribution in [-0.2, 0) is 4.74 Å². The van der Waals surface area contributed by atoms with E-state index in [0.29, 0.717) is 18.0 Å². The highest BCUT2D eigenvalue weighted by Gasteiger charge is 2.24. The van der Waals surface area contributed by atoms with Gasteiger partial charge in [-0.15, -0.1) is 11.3 Å². The van der Waals surface area contributed by atoms with Crippen molar-refractivity contribution in [3.05, 3.63) is 22.4 Å². The lowest BCUT2D eigenvalue weighted by Gasteiger charge is -2.25. The van der Waals surface area contributed by atoms with Gasteiger partial charge in [0.05, 0.1) is 6.61 Å². The first kappa shape index (κ1) is 12.1. The van der Waals surface area contributed by atoms with Gasteiger partial charge in [-0.25, -0.2) is 0 Å². The van der Waals surface area contributed by atoms with Crippen LogP contribution in [0.25, 0.3) is 0 Å². The van der Waals surface area contributed by atoms with Crippen molar-refractivity contribution in [1.82, 2.24) is 5.32 Å². The minimum atomic E-state index is 0.510. The summed E-state index contributed by atoms with van der Waals surface area (Å²) < 4.78 is 5.45. The normalized spacial score (nSPS) is 24.5. The second kappa shape index (κ2) is 5.80. The third-order valence-corrected chi connectivity index (χ3v) is 4.42.